The molecule has 0 aromatic heterocycles. The van der Waals surface area contributed by atoms with Gasteiger partial charge in [-0.05, 0) is 48.5 Å². The zero-order chi connectivity index (χ0) is 30.8. The third-order valence-corrected chi connectivity index (χ3v) is 11.2. The van der Waals surface area contributed by atoms with Crippen molar-refractivity contribution in [2.24, 2.45) is 0 Å². The van der Waals surface area contributed by atoms with Gasteiger partial charge in [0.25, 0.3) is 0 Å². The van der Waals surface area contributed by atoms with Gasteiger partial charge >= 0.3 is 47.7 Å². The maximum absolute atomic E-state index is 15.0. The fourth-order valence-electron chi connectivity index (χ4n) is 4.20. The minimum atomic E-state index is -5.40. The van der Waals surface area contributed by atoms with Crippen LogP contribution in [0.2, 0.25) is 0 Å². The van der Waals surface area contributed by atoms with Crippen LogP contribution in [0.1, 0.15) is 0 Å². The summed E-state index contributed by atoms with van der Waals surface area (Å²) in [4.78, 5) is 0. The summed E-state index contributed by atoms with van der Waals surface area (Å²) in [7, 11) is 4.40. The van der Waals surface area contributed by atoms with Gasteiger partial charge in [0.15, 0.2) is 5.31 Å². The van der Waals surface area contributed by atoms with E-state index >= 15 is 0 Å². The summed E-state index contributed by atoms with van der Waals surface area (Å²) >= 11 is -0.472. The molecule has 0 heterocycles. The van der Waals surface area contributed by atoms with Gasteiger partial charge in [-0.25, -0.2) is 0 Å². The molecule has 4 rings (SSSR count). The molecule has 0 unspecified atom stereocenters. The van der Waals surface area contributed by atoms with Crippen LogP contribution in [0.5, 0.6) is 0 Å². The van der Waals surface area contributed by atoms with Gasteiger partial charge in [0, 0.05) is 0 Å². The van der Waals surface area contributed by atoms with Crippen molar-refractivity contribution < 1.29 is 47.9 Å². The number of benzene rings is 4. The van der Waals surface area contributed by atoms with Gasteiger partial charge in [-0.15, -0.1) is 0 Å². The number of allylic oxidation sites excluding steroid dienone is 3. The topological polar surface area (TPSA) is 20.2 Å². The average Bonchev–Trinajstić information content (AvgIpc) is 2.98. The first-order chi connectivity index (χ1) is 20.0. The molecular weight excluding hydrogens is 818 g/mol. The summed E-state index contributed by atoms with van der Waals surface area (Å²) in [5, 5.41) is 11.1. The number of aliphatic hydroxyl groups excluding tert-OH is 1. The van der Waals surface area contributed by atoms with Crippen molar-refractivity contribution in [1.29, 1.82) is 0 Å². The van der Waals surface area contributed by atoms with Crippen LogP contribution < -0.4 is 21.2 Å². The van der Waals surface area contributed by atoms with Crippen molar-refractivity contribution in [2.45, 2.75) is 12.4 Å². The Morgan fingerprint density at radius 3 is 1.17 bits per heavy atom. The van der Waals surface area contributed by atoms with Crippen molar-refractivity contribution in [3.63, 3.8) is 0 Å². The number of alkyl halides is 6. The van der Waals surface area contributed by atoms with E-state index < -0.39 is 61.3 Å². The van der Waals surface area contributed by atoms with E-state index in [2.05, 4.69) is 0 Å². The van der Waals surface area contributed by atoms with Gasteiger partial charge in [-0.1, -0.05) is 72.8 Å². The molecule has 0 aliphatic carbocycles. The van der Waals surface area contributed by atoms with Crippen LogP contribution in [0.3, 0.4) is 0 Å². The zero-order valence-corrected chi connectivity index (χ0v) is 27.2. The van der Waals surface area contributed by atoms with Crippen LogP contribution in [0, 0.1) is 0 Å². The molecule has 0 amide bonds. The van der Waals surface area contributed by atoms with Crippen LogP contribution in [0.15, 0.2) is 144 Å². The normalized spacial score (nSPS) is 13.0. The molecule has 12 heteroatoms. The van der Waals surface area contributed by atoms with Gasteiger partial charge in [-0.2, -0.15) is 26.3 Å². The quantitative estimate of drug-likeness (QED) is 0.0854. The van der Waals surface area contributed by atoms with E-state index in [0.29, 0.717) is 10.6 Å². The molecule has 0 saturated carbocycles. The molecule has 1 nitrogen and oxygen atoms in total. The molecule has 0 aliphatic rings. The van der Waals surface area contributed by atoms with Crippen LogP contribution in [0.4, 0.5) is 26.3 Å². The summed E-state index contributed by atoms with van der Waals surface area (Å²) in [5.41, 5.74) is -1.47. The van der Waals surface area contributed by atoms with Crippen molar-refractivity contribution >= 4 is 55.9 Å². The van der Waals surface area contributed by atoms with Gasteiger partial charge in [-0.3, -0.25) is 0 Å². The summed E-state index contributed by atoms with van der Waals surface area (Å²) in [5.74, 6) is -1.32. The SMILES string of the molecule is OC(=C(C(=C[PH+](c1ccccc1)c1ccccc1)C(F)(F)F)[PH+](c1ccccc1)c1ccccc1)C(F)(F)F.[Cl][Pt][Cl]. The Balaban J connectivity index is 0.00000155. The first-order valence-corrected chi connectivity index (χ1v) is 20.8. The van der Waals surface area contributed by atoms with Crippen molar-refractivity contribution in [1.82, 2.24) is 0 Å². The van der Waals surface area contributed by atoms with E-state index in [1.807, 2.05) is 0 Å². The van der Waals surface area contributed by atoms with Gasteiger partial charge in [0.1, 0.15) is 34.7 Å². The molecule has 4 aromatic carbocycles. The Kier molecular flexibility index (Phi) is 13.2. The van der Waals surface area contributed by atoms with Crippen LogP contribution in [-0.4, -0.2) is 17.5 Å². The Morgan fingerprint density at radius 2 is 0.881 bits per heavy atom. The van der Waals surface area contributed by atoms with Gasteiger partial charge < -0.3 is 5.11 Å². The van der Waals surface area contributed by atoms with Gasteiger partial charge in [0.05, 0.1) is 13.7 Å². The predicted octanol–water partition coefficient (Wildman–Crippen LogP) is 8.87. The van der Waals surface area contributed by atoms with E-state index in [4.69, 9.17) is 18.8 Å². The number of hydrogen-bond acceptors (Lipinski definition) is 1. The van der Waals surface area contributed by atoms with Crippen LogP contribution >= 0.6 is 34.7 Å². The number of rotatable bonds is 7. The molecule has 0 aliphatic heterocycles. The number of halogens is 8. The molecular formula is C30H24Cl2F6OP2Pt+2. The van der Waals surface area contributed by atoms with Crippen LogP contribution in [-0.2, 0) is 16.5 Å². The zero-order valence-electron chi connectivity index (χ0n) is 21.4. The first kappa shape index (κ1) is 34.4. The molecule has 224 valence electrons. The van der Waals surface area contributed by atoms with E-state index in [1.54, 1.807) is 97.1 Å². The Bertz CT molecular complexity index is 1370. The third-order valence-electron chi connectivity index (χ3n) is 5.91. The van der Waals surface area contributed by atoms with E-state index in [-0.39, 0.29) is 10.6 Å². The third kappa shape index (κ3) is 9.43. The fraction of sp³-hybridized carbons (Fsp3) is 0.0667. The first-order valence-electron chi connectivity index (χ1n) is 12.1. The standard InChI is InChI=1S/C30H22F6OP2.2ClH.Pt/c31-29(32,33)26(21-38(22-13-5-1-6-14-22)23-15-7-2-8-16-23)27(28(37)30(34,35)36)39(24-17-9-3-10-18-24)25-19-11-4-12-20-25;;;/h1-21,37H;2*1H;/q;;;+2. The molecule has 42 heavy (non-hydrogen) atoms. The molecule has 0 bridgehead atoms. The second kappa shape index (κ2) is 16.1. The van der Waals surface area contributed by atoms with Crippen molar-refractivity contribution in [3.8, 4) is 0 Å². The summed E-state index contributed by atoms with van der Waals surface area (Å²) in [6, 6.07) is 32.3. The predicted molar refractivity (Wildman–Crippen MR) is 162 cm³/mol. The maximum atomic E-state index is 15.0. The molecule has 0 fully saturated rings. The second-order valence-corrected chi connectivity index (χ2v) is 16.5. The Labute approximate surface area is 258 Å². The monoisotopic (exact) mass is 841 g/mol. The van der Waals surface area contributed by atoms with E-state index in [0.717, 1.165) is 5.82 Å². The summed E-state index contributed by atoms with van der Waals surface area (Å²) in [6.07, 6.45) is -10.6. The second-order valence-electron chi connectivity index (χ2n) is 8.58. The Morgan fingerprint density at radius 1 is 0.571 bits per heavy atom. The van der Waals surface area contributed by atoms with E-state index in [1.165, 1.54) is 24.3 Å². The van der Waals surface area contributed by atoms with Crippen LogP contribution in [0.25, 0.3) is 0 Å². The summed E-state index contributed by atoms with van der Waals surface area (Å²) < 4.78 is 87.3. The molecule has 1 N–H and O–H groups in total. The number of hydrogen-bond donors (Lipinski definition) is 1. The van der Waals surface area contributed by atoms with Crippen molar-refractivity contribution in [2.75, 3.05) is 0 Å². The molecule has 0 spiro atoms. The number of aliphatic hydroxyl groups is 1. The molecule has 4 aromatic rings. The van der Waals surface area contributed by atoms with Crippen molar-refractivity contribution in [3.05, 3.63) is 144 Å². The molecule has 0 saturated heterocycles. The fourth-order valence-corrected chi connectivity index (χ4v) is 9.53. The molecule has 0 atom stereocenters. The van der Waals surface area contributed by atoms with Gasteiger partial charge in [0.2, 0.25) is 5.76 Å². The molecule has 0 radical (unpaired) electrons. The Hall–Kier alpha value is -2.13. The summed E-state index contributed by atoms with van der Waals surface area (Å²) in [6.45, 7) is 0. The van der Waals surface area contributed by atoms with E-state index in [9.17, 15) is 31.4 Å². The minimum absolute atomic E-state index is 0.280. The average molecular weight is 842 g/mol.